The second-order valence-electron chi connectivity index (χ2n) is 6.19. The van der Waals surface area contributed by atoms with Gasteiger partial charge in [0.1, 0.15) is 5.75 Å². The van der Waals surface area contributed by atoms with Crippen molar-refractivity contribution in [3.05, 3.63) is 46.4 Å². The van der Waals surface area contributed by atoms with Gasteiger partial charge in [0, 0.05) is 24.7 Å². The molecule has 2 heterocycles. The van der Waals surface area contributed by atoms with Gasteiger partial charge in [-0.3, -0.25) is 9.36 Å². The lowest BCUT2D eigenvalue weighted by atomic mass is 10.1. The maximum atomic E-state index is 12.6. The van der Waals surface area contributed by atoms with Gasteiger partial charge in [-0.1, -0.05) is 6.07 Å². The SMILES string of the molecule is Cc1cc(O)cc2ccc(-c3cnc(NC(C)C)n(C)c3=O)nc12. The number of fused-ring (bicyclic) bond motifs is 1. The van der Waals surface area contributed by atoms with Crippen LogP contribution in [0, 0.1) is 6.92 Å². The fraction of sp³-hybridized carbons (Fsp3) is 0.278. The van der Waals surface area contributed by atoms with E-state index in [1.54, 1.807) is 31.4 Å². The van der Waals surface area contributed by atoms with Crippen molar-refractivity contribution < 1.29 is 5.11 Å². The highest BCUT2D eigenvalue weighted by molar-refractivity contribution is 5.85. The number of anilines is 1. The third-order valence-corrected chi connectivity index (χ3v) is 3.83. The van der Waals surface area contributed by atoms with Crippen LogP contribution in [0.4, 0.5) is 5.95 Å². The predicted octanol–water partition coefficient (Wildman–Crippen LogP) is 2.83. The average Bonchev–Trinajstić information content (AvgIpc) is 2.51. The minimum Gasteiger partial charge on any atom is -0.508 e. The summed E-state index contributed by atoms with van der Waals surface area (Å²) >= 11 is 0. The molecule has 0 aliphatic heterocycles. The molecule has 24 heavy (non-hydrogen) atoms. The number of hydrogen-bond acceptors (Lipinski definition) is 5. The molecule has 0 saturated heterocycles. The Bertz CT molecular complexity index is 977. The second kappa shape index (κ2) is 5.96. The van der Waals surface area contributed by atoms with Gasteiger partial charge in [-0.25, -0.2) is 9.97 Å². The number of benzene rings is 1. The van der Waals surface area contributed by atoms with E-state index in [2.05, 4.69) is 15.3 Å². The van der Waals surface area contributed by atoms with Crippen molar-refractivity contribution in [3.8, 4) is 17.0 Å². The molecule has 124 valence electrons. The van der Waals surface area contributed by atoms with Crippen LogP contribution in [0.25, 0.3) is 22.2 Å². The summed E-state index contributed by atoms with van der Waals surface area (Å²) in [6.07, 6.45) is 1.55. The standard InChI is InChI=1S/C18H20N4O2/c1-10(2)20-18-19-9-14(17(24)22(18)4)15-6-5-12-8-13(23)7-11(3)16(12)21-15/h5-10,23H,1-4H3,(H,19,20). The molecule has 0 atom stereocenters. The van der Waals surface area contributed by atoms with Crippen LogP contribution in [-0.2, 0) is 7.05 Å². The van der Waals surface area contributed by atoms with Crippen LogP contribution in [0.5, 0.6) is 5.75 Å². The summed E-state index contributed by atoms with van der Waals surface area (Å²) in [6, 6.07) is 7.12. The number of hydrogen-bond donors (Lipinski definition) is 2. The Morgan fingerprint density at radius 3 is 2.71 bits per heavy atom. The third kappa shape index (κ3) is 2.82. The molecular formula is C18H20N4O2. The summed E-state index contributed by atoms with van der Waals surface area (Å²) in [7, 11) is 1.69. The van der Waals surface area contributed by atoms with Gasteiger partial charge in [0.25, 0.3) is 5.56 Å². The summed E-state index contributed by atoms with van der Waals surface area (Å²) in [4.78, 5) is 21.6. The minimum absolute atomic E-state index is 0.156. The first-order valence-electron chi connectivity index (χ1n) is 7.80. The van der Waals surface area contributed by atoms with Crippen LogP contribution in [0.2, 0.25) is 0 Å². The van der Waals surface area contributed by atoms with Gasteiger partial charge in [0.2, 0.25) is 5.95 Å². The Morgan fingerprint density at radius 1 is 1.25 bits per heavy atom. The molecule has 3 rings (SSSR count). The van der Waals surface area contributed by atoms with Gasteiger partial charge in [-0.2, -0.15) is 0 Å². The first kappa shape index (κ1) is 16.0. The van der Waals surface area contributed by atoms with E-state index in [-0.39, 0.29) is 17.4 Å². The van der Waals surface area contributed by atoms with E-state index >= 15 is 0 Å². The van der Waals surface area contributed by atoms with Crippen LogP contribution >= 0.6 is 0 Å². The average molecular weight is 324 g/mol. The molecule has 0 fully saturated rings. The molecule has 0 saturated carbocycles. The molecule has 3 aromatic rings. The first-order valence-corrected chi connectivity index (χ1v) is 7.80. The number of phenols is 1. The van der Waals surface area contributed by atoms with Gasteiger partial charge in [-0.15, -0.1) is 0 Å². The zero-order valence-electron chi connectivity index (χ0n) is 14.2. The molecule has 0 aliphatic rings. The number of nitrogens with one attached hydrogen (secondary N) is 1. The Kier molecular flexibility index (Phi) is 3.97. The van der Waals surface area contributed by atoms with E-state index < -0.39 is 0 Å². The number of rotatable bonds is 3. The number of pyridine rings is 1. The molecule has 1 aromatic carbocycles. The number of phenolic OH excluding ortho intramolecular Hbond substituents is 1. The van der Waals surface area contributed by atoms with Crippen LogP contribution in [-0.4, -0.2) is 25.7 Å². The molecule has 0 bridgehead atoms. The number of nitrogens with zero attached hydrogens (tertiary/aromatic N) is 3. The molecule has 0 radical (unpaired) electrons. The maximum Gasteiger partial charge on any atom is 0.264 e. The van der Waals surface area contributed by atoms with E-state index in [4.69, 9.17) is 0 Å². The molecule has 0 amide bonds. The monoisotopic (exact) mass is 324 g/mol. The van der Waals surface area contributed by atoms with Gasteiger partial charge >= 0.3 is 0 Å². The highest BCUT2D eigenvalue weighted by Crippen LogP contribution is 2.25. The lowest BCUT2D eigenvalue weighted by Gasteiger charge is -2.13. The van der Waals surface area contributed by atoms with E-state index in [1.165, 1.54) is 4.57 Å². The third-order valence-electron chi connectivity index (χ3n) is 3.83. The Morgan fingerprint density at radius 2 is 2.00 bits per heavy atom. The van der Waals surface area contributed by atoms with Gasteiger partial charge in [0.15, 0.2) is 0 Å². The molecule has 2 N–H and O–H groups in total. The summed E-state index contributed by atoms with van der Waals surface area (Å²) in [5.74, 6) is 0.733. The normalized spacial score (nSPS) is 11.2. The van der Waals surface area contributed by atoms with Gasteiger partial charge in [-0.05, 0) is 44.5 Å². The number of aromatic nitrogens is 3. The van der Waals surface area contributed by atoms with Gasteiger partial charge in [0.05, 0.1) is 16.8 Å². The smallest absolute Gasteiger partial charge is 0.264 e. The fourth-order valence-corrected chi connectivity index (χ4v) is 2.66. The highest BCUT2D eigenvalue weighted by atomic mass is 16.3. The minimum atomic E-state index is -0.156. The lowest BCUT2D eigenvalue weighted by molar-refractivity contribution is 0.476. The lowest BCUT2D eigenvalue weighted by Crippen LogP contribution is -2.25. The largest absolute Gasteiger partial charge is 0.508 e. The van der Waals surface area contributed by atoms with Crippen molar-refractivity contribution in [2.45, 2.75) is 26.8 Å². The predicted molar refractivity (Wildman–Crippen MR) is 95.4 cm³/mol. The quantitative estimate of drug-likeness (QED) is 0.774. The number of aromatic hydroxyl groups is 1. The molecule has 0 spiro atoms. The van der Waals surface area contributed by atoms with Crippen LogP contribution in [0.15, 0.2) is 35.3 Å². The van der Waals surface area contributed by atoms with Crippen LogP contribution < -0.4 is 10.9 Å². The van der Waals surface area contributed by atoms with E-state index in [0.717, 1.165) is 16.5 Å². The Hall–Kier alpha value is -2.89. The summed E-state index contributed by atoms with van der Waals surface area (Å²) < 4.78 is 1.49. The highest BCUT2D eigenvalue weighted by Gasteiger charge is 2.12. The zero-order chi connectivity index (χ0) is 17.4. The Balaban J connectivity index is 2.14. The summed E-state index contributed by atoms with van der Waals surface area (Å²) in [5.41, 5.74) is 2.48. The molecule has 0 aliphatic carbocycles. The molecule has 2 aromatic heterocycles. The summed E-state index contributed by atoms with van der Waals surface area (Å²) in [6.45, 7) is 5.86. The summed E-state index contributed by atoms with van der Waals surface area (Å²) in [5, 5.41) is 13.7. The fourth-order valence-electron chi connectivity index (χ4n) is 2.66. The van der Waals surface area contributed by atoms with Gasteiger partial charge < -0.3 is 10.4 Å². The molecular weight excluding hydrogens is 304 g/mol. The van der Waals surface area contributed by atoms with E-state index in [1.807, 2.05) is 26.8 Å². The topological polar surface area (TPSA) is 80.0 Å². The van der Waals surface area contributed by atoms with E-state index in [0.29, 0.717) is 17.2 Å². The Labute approximate surface area is 139 Å². The first-order chi connectivity index (χ1) is 11.4. The molecule has 6 nitrogen and oxygen atoms in total. The van der Waals surface area contributed by atoms with Crippen molar-refractivity contribution in [2.24, 2.45) is 7.05 Å². The van der Waals surface area contributed by atoms with Crippen molar-refractivity contribution in [1.82, 2.24) is 14.5 Å². The van der Waals surface area contributed by atoms with Crippen LogP contribution in [0.3, 0.4) is 0 Å². The maximum absolute atomic E-state index is 12.6. The van der Waals surface area contributed by atoms with Crippen molar-refractivity contribution in [3.63, 3.8) is 0 Å². The zero-order valence-corrected chi connectivity index (χ0v) is 14.2. The van der Waals surface area contributed by atoms with Crippen molar-refractivity contribution >= 4 is 16.9 Å². The second-order valence-corrected chi connectivity index (χ2v) is 6.19. The van der Waals surface area contributed by atoms with Crippen LogP contribution in [0.1, 0.15) is 19.4 Å². The molecule has 6 heteroatoms. The number of aryl methyl sites for hydroxylation is 1. The van der Waals surface area contributed by atoms with Crippen molar-refractivity contribution in [2.75, 3.05) is 5.32 Å². The van der Waals surface area contributed by atoms with E-state index in [9.17, 15) is 9.90 Å². The van der Waals surface area contributed by atoms with Crippen molar-refractivity contribution in [1.29, 1.82) is 0 Å². The molecule has 0 unspecified atom stereocenters.